The van der Waals surface area contributed by atoms with Crippen LogP contribution in [-0.2, 0) is 7.05 Å². The molecule has 0 amide bonds. The molecular formula is C15H13N3O2. The highest BCUT2D eigenvalue weighted by molar-refractivity contribution is 6.03. The third kappa shape index (κ3) is 1.84. The van der Waals surface area contributed by atoms with Gasteiger partial charge in [-0.05, 0) is 24.3 Å². The minimum absolute atomic E-state index is 0.592. The Labute approximate surface area is 115 Å². The first-order chi connectivity index (χ1) is 9.74. The highest BCUT2D eigenvalue weighted by Crippen LogP contribution is 2.29. The van der Waals surface area contributed by atoms with Gasteiger partial charge in [0.25, 0.3) is 0 Å². The molecule has 0 N–H and O–H groups in total. The van der Waals surface area contributed by atoms with Crippen LogP contribution in [0.4, 0.5) is 0 Å². The number of hydrogen-bond donors (Lipinski definition) is 0. The first-order valence-electron chi connectivity index (χ1n) is 6.14. The van der Waals surface area contributed by atoms with Crippen LogP contribution in [0.5, 0.6) is 5.75 Å². The Morgan fingerprint density at radius 3 is 2.60 bits per heavy atom. The summed E-state index contributed by atoms with van der Waals surface area (Å²) in [7, 11) is 3.49. The normalized spacial score (nSPS) is 10.7. The van der Waals surface area contributed by atoms with Crippen LogP contribution in [0.3, 0.4) is 0 Å². The number of aromatic nitrogens is 3. The fraction of sp³-hybridized carbons (Fsp3) is 0.133. The minimum Gasteiger partial charge on any atom is -0.497 e. The Morgan fingerprint density at radius 1 is 1.20 bits per heavy atom. The molecule has 1 aromatic carbocycles. The van der Waals surface area contributed by atoms with Crippen LogP contribution in [0, 0.1) is 0 Å². The first-order valence-corrected chi connectivity index (χ1v) is 6.14. The van der Waals surface area contributed by atoms with Crippen LogP contribution in [0.25, 0.3) is 22.3 Å². The van der Waals surface area contributed by atoms with Gasteiger partial charge in [0, 0.05) is 24.4 Å². The van der Waals surface area contributed by atoms with Crippen molar-refractivity contribution in [1.82, 2.24) is 14.5 Å². The molecule has 0 fully saturated rings. The lowest BCUT2D eigenvalue weighted by molar-refractivity contribution is 0.112. The van der Waals surface area contributed by atoms with Gasteiger partial charge in [-0.3, -0.25) is 4.79 Å². The molecule has 0 saturated carbocycles. The molecule has 0 bridgehead atoms. The molecule has 3 aromatic rings. The predicted molar refractivity (Wildman–Crippen MR) is 75.9 cm³/mol. The number of fused-ring (bicyclic) bond motifs is 1. The number of rotatable bonds is 3. The van der Waals surface area contributed by atoms with Gasteiger partial charge in [0.05, 0.1) is 18.2 Å². The van der Waals surface area contributed by atoms with E-state index in [4.69, 9.17) is 4.74 Å². The van der Waals surface area contributed by atoms with E-state index in [9.17, 15) is 4.79 Å². The lowest BCUT2D eigenvalue weighted by Crippen LogP contribution is -1.92. The van der Waals surface area contributed by atoms with Crippen LogP contribution >= 0.6 is 0 Å². The van der Waals surface area contributed by atoms with Gasteiger partial charge in [0.15, 0.2) is 6.29 Å². The molecule has 0 saturated heterocycles. The van der Waals surface area contributed by atoms with Crippen molar-refractivity contribution in [3.63, 3.8) is 0 Å². The number of aldehydes is 1. The maximum Gasteiger partial charge on any atom is 0.152 e. The molecule has 0 unspecified atom stereocenters. The third-order valence-electron chi connectivity index (χ3n) is 3.27. The molecule has 0 aliphatic heterocycles. The smallest absolute Gasteiger partial charge is 0.152 e. The van der Waals surface area contributed by atoms with Crippen LogP contribution in [0.2, 0.25) is 0 Å². The summed E-state index contributed by atoms with van der Waals surface area (Å²) in [6, 6.07) is 7.57. The number of aryl methyl sites for hydroxylation is 1. The van der Waals surface area contributed by atoms with E-state index in [2.05, 4.69) is 9.97 Å². The monoisotopic (exact) mass is 267 g/mol. The highest BCUT2D eigenvalue weighted by atomic mass is 16.5. The second kappa shape index (κ2) is 4.77. The molecule has 0 spiro atoms. The number of hydrogen-bond acceptors (Lipinski definition) is 4. The van der Waals surface area contributed by atoms with Crippen molar-refractivity contribution in [2.75, 3.05) is 7.11 Å². The Kier molecular flexibility index (Phi) is 2.95. The van der Waals surface area contributed by atoms with Crippen LogP contribution < -0.4 is 4.74 Å². The van der Waals surface area contributed by atoms with E-state index < -0.39 is 0 Å². The molecular weight excluding hydrogens is 254 g/mol. The van der Waals surface area contributed by atoms with Gasteiger partial charge < -0.3 is 9.30 Å². The SMILES string of the molecule is COc1ccc(-c2ncnc3c2c(C=O)cn3C)cc1. The zero-order valence-corrected chi connectivity index (χ0v) is 11.2. The average molecular weight is 267 g/mol. The first kappa shape index (κ1) is 12.3. The Bertz CT molecular complexity index is 776. The Hall–Kier alpha value is -2.69. The fourth-order valence-corrected chi connectivity index (χ4v) is 2.30. The van der Waals surface area contributed by atoms with E-state index >= 15 is 0 Å². The van der Waals surface area contributed by atoms with Crippen molar-refractivity contribution in [2.24, 2.45) is 7.05 Å². The number of carbonyl (C=O) groups is 1. The molecule has 0 aliphatic rings. The van der Waals surface area contributed by atoms with Crippen LogP contribution in [0.15, 0.2) is 36.8 Å². The van der Waals surface area contributed by atoms with E-state index in [0.29, 0.717) is 5.56 Å². The Balaban J connectivity index is 2.27. The van der Waals surface area contributed by atoms with Crippen LogP contribution in [-0.4, -0.2) is 27.9 Å². The summed E-state index contributed by atoms with van der Waals surface area (Å²) in [5.41, 5.74) is 3.01. The maximum atomic E-state index is 11.2. The lowest BCUT2D eigenvalue weighted by atomic mass is 10.1. The van der Waals surface area contributed by atoms with Gasteiger partial charge >= 0.3 is 0 Å². The van der Waals surface area contributed by atoms with Gasteiger partial charge in [0.2, 0.25) is 0 Å². The summed E-state index contributed by atoms with van der Waals surface area (Å²) in [4.78, 5) is 19.8. The molecule has 0 aliphatic carbocycles. The third-order valence-corrected chi connectivity index (χ3v) is 3.27. The lowest BCUT2D eigenvalue weighted by Gasteiger charge is -2.05. The van der Waals surface area contributed by atoms with E-state index in [1.54, 1.807) is 13.3 Å². The largest absolute Gasteiger partial charge is 0.497 e. The van der Waals surface area contributed by atoms with E-state index in [1.807, 2.05) is 35.9 Å². The van der Waals surface area contributed by atoms with Crippen molar-refractivity contribution in [3.8, 4) is 17.0 Å². The van der Waals surface area contributed by atoms with Crippen molar-refractivity contribution >= 4 is 17.3 Å². The fourth-order valence-electron chi connectivity index (χ4n) is 2.30. The van der Waals surface area contributed by atoms with Gasteiger partial charge in [-0.15, -0.1) is 0 Å². The van der Waals surface area contributed by atoms with Crippen molar-refractivity contribution in [3.05, 3.63) is 42.4 Å². The van der Waals surface area contributed by atoms with Gasteiger partial charge in [-0.1, -0.05) is 0 Å². The maximum absolute atomic E-state index is 11.2. The molecule has 5 nitrogen and oxygen atoms in total. The highest BCUT2D eigenvalue weighted by Gasteiger charge is 2.14. The summed E-state index contributed by atoms with van der Waals surface area (Å²) in [5, 5.41) is 0.773. The van der Waals surface area contributed by atoms with E-state index in [1.165, 1.54) is 6.33 Å². The second-order valence-electron chi connectivity index (χ2n) is 4.46. The van der Waals surface area contributed by atoms with Crippen LogP contribution in [0.1, 0.15) is 10.4 Å². The topological polar surface area (TPSA) is 57.0 Å². The predicted octanol–water partition coefficient (Wildman–Crippen LogP) is 2.46. The number of benzene rings is 1. The van der Waals surface area contributed by atoms with Crippen molar-refractivity contribution in [2.45, 2.75) is 0 Å². The molecule has 0 radical (unpaired) electrons. The summed E-state index contributed by atoms with van der Waals surface area (Å²) in [6.07, 6.45) is 4.11. The molecule has 3 rings (SSSR count). The zero-order chi connectivity index (χ0) is 14.1. The van der Waals surface area contributed by atoms with Gasteiger partial charge in [0.1, 0.15) is 17.7 Å². The molecule has 100 valence electrons. The minimum atomic E-state index is 0.592. The zero-order valence-electron chi connectivity index (χ0n) is 11.2. The summed E-state index contributed by atoms with van der Waals surface area (Å²) in [5.74, 6) is 0.780. The standard InChI is InChI=1S/C15H13N3O2/c1-18-7-11(8-19)13-14(16-9-17-15(13)18)10-3-5-12(20-2)6-4-10/h3-9H,1-2H3. The Morgan fingerprint density at radius 2 is 1.95 bits per heavy atom. The number of nitrogens with zero attached hydrogens (tertiary/aromatic N) is 3. The summed E-state index contributed by atoms with van der Waals surface area (Å²) in [6.45, 7) is 0. The quantitative estimate of drug-likeness (QED) is 0.684. The molecule has 5 heteroatoms. The van der Waals surface area contributed by atoms with Gasteiger partial charge in [-0.25, -0.2) is 9.97 Å². The summed E-state index contributed by atoms with van der Waals surface area (Å²) < 4.78 is 6.98. The number of carbonyl (C=O) groups excluding carboxylic acids is 1. The summed E-state index contributed by atoms with van der Waals surface area (Å²) >= 11 is 0. The number of ether oxygens (including phenoxy) is 1. The number of methoxy groups -OCH3 is 1. The molecule has 0 atom stereocenters. The molecule has 20 heavy (non-hydrogen) atoms. The van der Waals surface area contributed by atoms with Crippen molar-refractivity contribution in [1.29, 1.82) is 0 Å². The van der Waals surface area contributed by atoms with E-state index in [0.717, 1.165) is 34.3 Å². The second-order valence-corrected chi connectivity index (χ2v) is 4.46. The van der Waals surface area contributed by atoms with E-state index in [-0.39, 0.29) is 0 Å². The molecule has 2 aromatic heterocycles. The average Bonchev–Trinajstić information content (AvgIpc) is 2.84. The van der Waals surface area contributed by atoms with Crippen molar-refractivity contribution < 1.29 is 9.53 Å². The molecule has 2 heterocycles. The van der Waals surface area contributed by atoms with Gasteiger partial charge in [-0.2, -0.15) is 0 Å².